The molecule has 0 aliphatic heterocycles. The molecule has 0 spiro atoms. The van der Waals surface area contributed by atoms with Crippen molar-refractivity contribution in [3.8, 4) is 0 Å². The Morgan fingerprint density at radius 2 is 2.10 bits per heavy atom. The third-order valence-electron chi connectivity index (χ3n) is 3.45. The zero-order valence-electron chi connectivity index (χ0n) is 12.5. The topological polar surface area (TPSA) is 37.3 Å². The highest BCUT2D eigenvalue weighted by molar-refractivity contribution is 5.69. The largest absolute Gasteiger partial charge is 0.481 e. The van der Waals surface area contributed by atoms with Crippen molar-refractivity contribution in [3.63, 3.8) is 0 Å². The molecule has 1 N–H and O–H groups in total. The van der Waals surface area contributed by atoms with Crippen molar-refractivity contribution in [2.45, 2.75) is 46.0 Å². The van der Waals surface area contributed by atoms with Gasteiger partial charge in [-0.2, -0.15) is 0 Å². The summed E-state index contributed by atoms with van der Waals surface area (Å²) < 4.78 is 26.8. The van der Waals surface area contributed by atoms with Crippen molar-refractivity contribution in [2.75, 3.05) is 0 Å². The van der Waals surface area contributed by atoms with Gasteiger partial charge >= 0.3 is 5.97 Å². The normalized spacial score (nSPS) is 13.2. The van der Waals surface area contributed by atoms with E-state index in [1.165, 1.54) is 12.1 Å². The van der Waals surface area contributed by atoms with Gasteiger partial charge in [-0.25, -0.2) is 8.78 Å². The first-order valence-electron chi connectivity index (χ1n) is 7.33. The van der Waals surface area contributed by atoms with Crippen molar-refractivity contribution in [3.05, 3.63) is 41.5 Å². The molecule has 1 atom stereocenters. The lowest BCUT2D eigenvalue weighted by Crippen LogP contribution is -2.08. The van der Waals surface area contributed by atoms with Gasteiger partial charge in [-0.3, -0.25) is 4.79 Å². The van der Waals surface area contributed by atoms with Crippen molar-refractivity contribution >= 4 is 11.5 Å². The molecule has 116 valence electrons. The molecule has 0 aromatic heterocycles. The van der Waals surface area contributed by atoms with E-state index in [2.05, 4.69) is 0 Å². The average molecular weight is 296 g/mol. The van der Waals surface area contributed by atoms with Crippen LogP contribution >= 0.6 is 0 Å². The van der Waals surface area contributed by atoms with Crippen LogP contribution < -0.4 is 0 Å². The molecule has 0 bridgehead atoms. The van der Waals surface area contributed by atoms with Crippen LogP contribution in [0.5, 0.6) is 0 Å². The number of carboxylic acid groups (broad SMARTS) is 1. The van der Waals surface area contributed by atoms with Crippen LogP contribution in [-0.4, -0.2) is 11.1 Å². The molecule has 0 heterocycles. The predicted octanol–water partition coefficient (Wildman–Crippen LogP) is 5.04. The van der Waals surface area contributed by atoms with Gasteiger partial charge in [0.15, 0.2) is 0 Å². The Bertz CT molecular complexity index is 510. The maximum absolute atomic E-state index is 13.8. The van der Waals surface area contributed by atoms with E-state index < -0.39 is 17.6 Å². The van der Waals surface area contributed by atoms with Crippen molar-refractivity contribution in [1.82, 2.24) is 0 Å². The highest BCUT2D eigenvalue weighted by Gasteiger charge is 2.11. The van der Waals surface area contributed by atoms with Gasteiger partial charge in [-0.1, -0.05) is 26.3 Å². The second-order valence-electron chi connectivity index (χ2n) is 5.27. The highest BCUT2D eigenvalue weighted by atomic mass is 19.1. The summed E-state index contributed by atoms with van der Waals surface area (Å²) in [4.78, 5) is 10.7. The van der Waals surface area contributed by atoms with Crippen LogP contribution in [0.2, 0.25) is 0 Å². The summed E-state index contributed by atoms with van der Waals surface area (Å²) in [7, 11) is 0. The van der Waals surface area contributed by atoms with Gasteiger partial charge in [0.05, 0.1) is 5.92 Å². The minimum atomic E-state index is -0.794. The molecule has 1 rings (SSSR count). The smallest absolute Gasteiger partial charge is 0.306 e. The molecule has 0 aliphatic rings. The Morgan fingerprint density at radius 3 is 2.67 bits per heavy atom. The molecular weight excluding hydrogens is 274 g/mol. The van der Waals surface area contributed by atoms with Crippen LogP contribution in [0.15, 0.2) is 24.3 Å². The first-order valence-corrected chi connectivity index (χ1v) is 7.33. The van der Waals surface area contributed by atoms with Gasteiger partial charge in [0.1, 0.15) is 11.6 Å². The van der Waals surface area contributed by atoms with E-state index in [0.717, 1.165) is 30.9 Å². The van der Waals surface area contributed by atoms with Crippen LogP contribution in [0.1, 0.15) is 51.5 Å². The number of carbonyl (C=O) groups is 1. The van der Waals surface area contributed by atoms with Gasteiger partial charge in [-0.15, -0.1) is 0 Å². The lowest BCUT2D eigenvalue weighted by atomic mass is 9.97. The number of hydrogen-bond acceptors (Lipinski definition) is 1. The Labute approximate surface area is 124 Å². The van der Waals surface area contributed by atoms with Crippen molar-refractivity contribution in [1.29, 1.82) is 0 Å². The summed E-state index contributed by atoms with van der Waals surface area (Å²) in [6.45, 7) is 3.68. The van der Waals surface area contributed by atoms with E-state index in [1.54, 1.807) is 6.92 Å². The average Bonchev–Trinajstić information content (AvgIpc) is 2.42. The van der Waals surface area contributed by atoms with E-state index in [9.17, 15) is 13.6 Å². The van der Waals surface area contributed by atoms with E-state index in [4.69, 9.17) is 5.11 Å². The van der Waals surface area contributed by atoms with Gasteiger partial charge in [0.2, 0.25) is 0 Å². The van der Waals surface area contributed by atoms with E-state index in [-0.39, 0.29) is 5.92 Å². The molecule has 1 unspecified atom stereocenters. The van der Waals surface area contributed by atoms with Crippen LogP contribution in [0.4, 0.5) is 8.78 Å². The third kappa shape index (κ3) is 5.66. The Hall–Kier alpha value is -1.71. The Kier molecular flexibility index (Phi) is 7.06. The SMILES string of the molecule is CCCC(=CCCCC(C)C(=O)O)c1ccc(F)cc1F. The van der Waals surface area contributed by atoms with Crippen LogP contribution in [-0.2, 0) is 4.79 Å². The highest BCUT2D eigenvalue weighted by Crippen LogP contribution is 2.24. The second-order valence-corrected chi connectivity index (χ2v) is 5.27. The van der Waals surface area contributed by atoms with E-state index in [0.29, 0.717) is 18.4 Å². The summed E-state index contributed by atoms with van der Waals surface area (Å²) >= 11 is 0. The summed E-state index contributed by atoms with van der Waals surface area (Å²) in [6, 6.07) is 3.62. The first kappa shape index (κ1) is 17.3. The van der Waals surface area contributed by atoms with Gasteiger partial charge in [0.25, 0.3) is 0 Å². The van der Waals surface area contributed by atoms with Gasteiger partial charge < -0.3 is 5.11 Å². The van der Waals surface area contributed by atoms with Crippen molar-refractivity contribution in [2.24, 2.45) is 5.92 Å². The standard InChI is InChI=1S/C17H22F2O2/c1-3-6-13(8-5-4-7-12(2)17(20)21)15-10-9-14(18)11-16(15)19/h8-12H,3-7H2,1-2H3,(H,20,21). The number of hydrogen-bond donors (Lipinski definition) is 1. The molecule has 1 aromatic carbocycles. The minimum Gasteiger partial charge on any atom is -0.481 e. The molecule has 21 heavy (non-hydrogen) atoms. The van der Waals surface area contributed by atoms with E-state index in [1.807, 2.05) is 13.0 Å². The molecule has 0 amide bonds. The monoisotopic (exact) mass is 296 g/mol. The maximum Gasteiger partial charge on any atom is 0.306 e. The fraction of sp³-hybridized carbons (Fsp3) is 0.471. The zero-order valence-corrected chi connectivity index (χ0v) is 12.5. The molecule has 0 saturated heterocycles. The molecule has 0 saturated carbocycles. The van der Waals surface area contributed by atoms with Gasteiger partial charge in [0, 0.05) is 11.6 Å². The number of aliphatic carboxylic acids is 1. The molecule has 0 aliphatic carbocycles. The van der Waals surface area contributed by atoms with Crippen LogP contribution in [0.25, 0.3) is 5.57 Å². The summed E-state index contributed by atoms with van der Waals surface area (Å²) in [5, 5.41) is 8.81. The number of carboxylic acids is 1. The Balaban J connectivity index is 2.72. The molecule has 0 radical (unpaired) electrons. The minimum absolute atomic E-state index is 0.365. The van der Waals surface area contributed by atoms with Crippen LogP contribution in [0.3, 0.4) is 0 Å². The first-order chi connectivity index (χ1) is 9.95. The van der Waals surface area contributed by atoms with E-state index >= 15 is 0 Å². The third-order valence-corrected chi connectivity index (χ3v) is 3.45. The number of unbranched alkanes of at least 4 members (excludes halogenated alkanes) is 1. The lowest BCUT2D eigenvalue weighted by Gasteiger charge is -2.09. The number of allylic oxidation sites excluding steroid dienone is 2. The maximum atomic E-state index is 13.8. The number of halogens is 2. The predicted molar refractivity (Wildman–Crippen MR) is 79.9 cm³/mol. The molecule has 1 aromatic rings. The number of benzene rings is 1. The quantitative estimate of drug-likeness (QED) is 0.682. The number of rotatable bonds is 8. The van der Waals surface area contributed by atoms with Crippen molar-refractivity contribution < 1.29 is 18.7 Å². The summed E-state index contributed by atoms with van der Waals surface area (Å²) in [5.41, 5.74) is 1.29. The second kappa shape index (κ2) is 8.55. The summed E-state index contributed by atoms with van der Waals surface area (Å²) in [6.07, 6.45) is 5.56. The zero-order chi connectivity index (χ0) is 15.8. The van der Waals surface area contributed by atoms with Crippen LogP contribution in [0, 0.1) is 17.6 Å². The van der Waals surface area contributed by atoms with Gasteiger partial charge in [-0.05, 0) is 43.4 Å². The fourth-order valence-electron chi connectivity index (χ4n) is 2.19. The Morgan fingerprint density at radius 1 is 1.38 bits per heavy atom. The fourth-order valence-corrected chi connectivity index (χ4v) is 2.19. The molecular formula is C17H22F2O2. The lowest BCUT2D eigenvalue weighted by molar-refractivity contribution is -0.141. The molecule has 0 fully saturated rings. The summed E-state index contributed by atoms with van der Waals surface area (Å²) in [5.74, 6) is -2.29. The molecule has 4 heteroatoms. The molecule has 2 nitrogen and oxygen atoms in total.